The average molecular weight is 321 g/mol. The summed E-state index contributed by atoms with van der Waals surface area (Å²) in [5.74, 6) is -0.135. The zero-order chi connectivity index (χ0) is 16.9. The van der Waals surface area contributed by atoms with Crippen LogP contribution in [0.3, 0.4) is 0 Å². The van der Waals surface area contributed by atoms with Gasteiger partial charge in [-0.25, -0.2) is 9.37 Å². The topological polar surface area (TPSA) is 49.1 Å². The van der Waals surface area contributed by atoms with E-state index in [9.17, 15) is 4.39 Å². The zero-order valence-electron chi connectivity index (χ0n) is 13.2. The Bertz CT molecular complexity index is 904. The Hall–Kier alpha value is -3.13. The molecule has 5 heteroatoms. The number of benzene rings is 2. The fraction of sp³-hybridized carbons (Fsp3) is 0.158. The summed E-state index contributed by atoms with van der Waals surface area (Å²) in [6.07, 6.45) is 0. The van der Waals surface area contributed by atoms with Crippen molar-refractivity contribution in [2.24, 2.45) is 0 Å². The molecule has 0 N–H and O–H groups in total. The first-order valence-corrected chi connectivity index (χ1v) is 7.57. The normalized spacial score (nSPS) is 10.4. The van der Waals surface area contributed by atoms with E-state index in [0.717, 1.165) is 16.6 Å². The van der Waals surface area contributed by atoms with Gasteiger partial charge in [0.15, 0.2) is 11.6 Å². The predicted octanol–water partition coefficient (Wildman–Crippen LogP) is 3.76. The third kappa shape index (κ3) is 3.28. The second-order valence-corrected chi connectivity index (χ2v) is 5.36. The summed E-state index contributed by atoms with van der Waals surface area (Å²) in [6, 6.07) is 17.8. The minimum absolute atomic E-state index is 0.239. The highest BCUT2D eigenvalue weighted by molar-refractivity contribution is 5.92. The van der Waals surface area contributed by atoms with E-state index >= 15 is 0 Å². The Kier molecular flexibility index (Phi) is 4.57. The standard InChI is InChI=1S/C19H16FN3O/c1-23(10-11-24-19-9-5-3-7-16(19)20)18-12-14(13-21)22-17-8-4-2-6-15(17)18/h2-9,12H,10-11H2,1H3. The molecule has 0 saturated heterocycles. The molecule has 0 bridgehead atoms. The maximum Gasteiger partial charge on any atom is 0.165 e. The highest BCUT2D eigenvalue weighted by Gasteiger charge is 2.10. The Labute approximate surface area is 139 Å². The van der Waals surface area contributed by atoms with Crippen LogP contribution >= 0.6 is 0 Å². The van der Waals surface area contributed by atoms with Crippen LogP contribution < -0.4 is 9.64 Å². The number of hydrogen-bond donors (Lipinski definition) is 0. The van der Waals surface area contributed by atoms with Crippen LogP contribution in [0.1, 0.15) is 5.69 Å². The summed E-state index contributed by atoms with van der Waals surface area (Å²) in [6.45, 7) is 0.878. The van der Waals surface area contributed by atoms with E-state index < -0.39 is 0 Å². The molecular weight excluding hydrogens is 305 g/mol. The molecule has 0 fully saturated rings. The molecule has 0 amide bonds. The minimum Gasteiger partial charge on any atom is -0.489 e. The van der Waals surface area contributed by atoms with Gasteiger partial charge in [0.2, 0.25) is 0 Å². The van der Waals surface area contributed by atoms with E-state index in [1.54, 1.807) is 24.3 Å². The Morgan fingerprint density at radius 3 is 2.71 bits per heavy atom. The lowest BCUT2D eigenvalue weighted by molar-refractivity contribution is 0.309. The number of anilines is 1. The molecular formula is C19H16FN3O. The lowest BCUT2D eigenvalue weighted by Gasteiger charge is -2.21. The van der Waals surface area contributed by atoms with Gasteiger partial charge in [0.05, 0.1) is 12.1 Å². The van der Waals surface area contributed by atoms with Crippen LogP contribution in [-0.4, -0.2) is 25.2 Å². The predicted molar refractivity (Wildman–Crippen MR) is 91.6 cm³/mol. The first-order chi connectivity index (χ1) is 11.7. The van der Waals surface area contributed by atoms with E-state index in [1.165, 1.54) is 6.07 Å². The summed E-state index contributed by atoms with van der Waals surface area (Å²) < 4.78 is 19.1. The molecule has 120 valence electrons. The SMILES string of the molecule is CN(CCOc1ccccc1F)c1cc(C#N)nc2ccccc12. The molecule has 1 aromatic heterocycles. The maximum absolute atomic E-state index is 13.6. The van der Waals surface area contributed by atoms with Crippen molar-refractivity contribution in [3.63, 3.8) is 0 Å². The number of aromatic nitrogens is 1. The van der Waals surface area contributed by atoms with Crippen LogP contribution in [0.2, 0.25) is 0 Å². The number of halogens is 1. The number of pyridine rings is 1. The highest BCUT2D eigenvalue weighted by Crippen LogP contribution is 2.26. The number of likely N-dealkylation sites (N-methyl/N-ethyl adjacent to an activating group) is 1. The Morgan fingerprint density at radius 1 is 1.17 bits per heavy atom. The van der Waals surface area contributed by atoms with Gasteiger partial charge in [-0.05, 0) is 24.3 Å². The molecule has 0 aliphatic carbocycles. The summed E-state index contributed by atoms with van der Waals surface area (Å²) in [7, 11) is 1.91. The molecule has 3 rings (SSSR count). The fourth-order valence-electron chi connectivity index (χ4n) is 2.50. The van der Waals surface area contributed by atoms with E-state index in [0.29, 0.717) is 18.8 Å². The molecule has 0 aliphatic heterocycles. The second-order valence-electron chi connectivity index (χ2n) is 5.36. The van der Waals surface area contributed by atoms with Crippen LogP contribution in [0.15, 0.2) is 54.6 Å². The highest BCUT2D eigenvalue weighted by atomic mass is 19.1. The van der Waals surface area contributed by atoms with Crippen molar-refractivity contribution >= 4 is 16.6 Å². The van der Waals surface area contributed by atoms with Crippen LogP contribution in [0.5, 0.6) is 5.75 Å². The third-order valence-electron chi connectivity index (χ3n) is 3.74. The zero-order valence-corrected chi connectivity index (χ0v) is 13.2. The minimum atomic E-state index is -0.374. The summed E-state index contributed by atoms with van der Waals surface area (Å²) in [5, 5.41) is 10.1. The van der Waals surface area contributed by atoms with Crippen LogP contribution in [0.4, 0.5) is 10.1 Å². The fourth-order valence-corrected chi connectivity index (χ4v) is 2.50. The Morgan fingerprint density at radius 2 is 1.92 bits per heavy atom. The smallest absolute Gasteiger partial charge is 0.165 e. The molecule has 0 saturated carbocycles. The molecule has 0 atom stereocenters. The van der Waals surface area contributed by atoms with Crippen LogP contribution in [0.25, 0.3) is 10.9 Å². The molecule has 0 spiro atoms. The first-order valence-electron chi connectivity index (χ1n) is 7.57. The summed E-state index contributed by atoms with van der Waals surface area (Å²) in [5.41, 5.74) is 2.04. The average Bonchev–Trinajstić information content (AvgIpc) is 2.62. The second kappa shape index (κ2) is 6.97. The summed E-state index contributed by atoms with van der Waals surface area (Å²) >= 11 is 0. The first kappa shape index (κ1) is 15.8. The lowest BCUT2D eigenvalue weighted by atomic mass is 10.1. The van der Waals surface area contributed by atoms with Gasteiger partial charge in [-0.3, -0.25) is 0 Å². The third-order valence-corrected chi connectivity index (χ3v) is 3.74. The van der Waals surface area contributed by atoms with Gasteiger partial charge in [-0.15, -0.1) is 0 Å². The number of fused-ring (bicyclic) bond motifs is 1. The van der Waals surface area contributed by atoms with E-state index in [4.69, 9.17) is 10.00 Å². The van der Waals surface area contributed by atoms with Gasteiger partial charge < -0.3 is 9.64 Å². The van der Waals surface area contributed by atoms with Gasteiger partial charge >= 0.3 is 0 Å². The van der Waals surface area contributed by atoms with Crippen molar-refractivity contribution < 1.29 is 9.13 Å². The maximum atomic E-state index is 13.6. The van der Waals surface area contributed by atoms with Crippen LogP contribution in [0, 0.1) is 17.1 Å². The monoisotopic (exact) mass is 321 g/mol. The van der Waals surface area contributed by atoms with Crippen molar-refractivity contribution in [3.05, 3.63) is 66.1 Å². The van der Waals surface area contributed by atoms with Gasteiger partial charge in [-0.2, -0.15) is 5.26 Å². The van der Waals surface area contributed by atoms with Gasteiger partial charge in [0.25, 0.3) is 0 Å². The molecule has 0 unspecified atom stereocenters. The quantitative estimate of drug-likeness (QED) is 0.718. The number of hydrogen-bond acceptors (Lipinski definition) is 4. The number of rotatable bonds is 5. The van der Waals surface area contributed by atoms with Crippen molar-refractivity contribution in [2.45, 2.75) is 0 Å². The van der Waals surface area contributed by atoms with Gasteiger partial charge in [0, 0.05) is 18.1 Å². The van der Waals surface area contributed by atoms with Crippen molar-refractivity contribution in [3.8, 4) is 11.8 Å². The van der Waals surface area contributed by atoms with Crippen LogP contribution in [-0.2, 0) is 0 Å². The van der Waals surface area contributed by atoms with E-state index in [2.05, 4.69) is 11.1 Å². The van der Waals surface area contributed by atoms with Crippen molar-refractivity contribution in [1.29, 1.82) is 5.26 Å². The van der Waals surface area contributed by atoms with Gasteiger partial charge in [-0.1, -0.05) is 30.3 Å². The van der Waals surface area contributed by atoms with Crippen molar-refractivity contribution in [2.75, 3.05) is 25.1 Å². The summed E-state index contributed by atoms with van der Waals surface area (Å²) in [4.78, 5) is 6.29. The van der Waals surface area contributed by atoms with E-state index in [-0.39, 0.29) is 11.6 Å². The molecule has 4 nitrogen and oxygen atoms in total. The number of nitrogens with zero attached hydrogens (tertiary/aromatic N) is 3. The lowest BCUT2D eigenvalue weighted by Crippen LogP contribution is -2.24. The van der Waals surface area contributed by atoms with E-state index in [1.807, 2.05) is 36.2 Å². The molecule has 2 aromatic carbocycles. The largest absolute Gasteiger partial charge is 0.489 e. The molecule has 0 radical (unpaired) electrons. The molecule has 1 heterocycles. The number of ether oxygens (including phenoxy) is 1. The molecule has 0 aliphatic rings. The van der Waals surface area contributed by atoms with Crippen molar-refractivity contribution in [1.82, 2.24) is 4.98 Å². The van der Waals surface area contributed by atoms with Gasteiger partial charge in [0.1, 0.15) is 18.4 Å². The molecule has 24 heavy (non-hydrogen) atoms. The number of para-hydroxylation sites is 2. The molecule has 3 aromatic rings. The Balaban J connectivity index is 1.78. The number of nitriles is 1.